The van der Waals surface area contributed by atoms with Crippen molar-refractivity contribution in [2.75, 3.05) is 0 Å². The second-order valence-electron chi connectivity index (χ2n) is 1.95. The van der Waals surface area contributed by atoms with Crippen molar-refractivity contribution in [1.82, 2.24) is 0 Å². The Morgan fingerprint density at radius 3 is 2.20 bits per heavy atom. The van der Waals surface area contributed by atoms with Gasteiger partial charge in [-0.05, 0) is 6.42 Å². The van der Waals surface area contributed by atoms with Crippen LogP contribution in [0.25, 0.3) is 9.69 Å². The molecule has 0 bridgehead atoms. The third-order valence-corrected chi connectivity index (χ3v) is 1.16. The van der Waals surface area contributed by atoms with Gasteiger partial charge >= 0.3 is 6.17 Å². The smallest absolute Gasteiger partial charge is 0.224 e. The van der Waals surface area contributed by atoms with Crippen molar-refractivity contribution in [3.8, 4) is 0 Å². The zero-order valence-corrected chi connectivity index (χ0v) is 5.93. The van der Waals surface area contributed by atoms with Crippen LogP contribution in [0.2, 0.25) is 0 Å². The molecule has 0 heterocycles. The predicted molar refractivity (Wildman–Crippen MR) is 40.3 cm³/mol. The van der Waals surface area contributed by atoms with Crippen molar-refractivity contribution >= 4 is 0 Å². The van der Waals surface area contributed by atoms with E-state index >= 15 is 0 Å². The zero-order chi connectivity index (χ0) is 7.82. The molecule has 0 rings (SSSR count). The monoisotopic (exact) mass is 134 g/mol. The van der Waals surface area contributed by atoms with Gasteiger partial charge in [0, 0.05) is 0 Å². The van der Waals surface area contributed by atoms with Gasteiger partial charge in [-0.25, -0.2) is 22.8 Å². The lowest BCUT2D eigenvalue weighted by Crippen LogP contribution is -1.83. The van der Waals surface area contributed by atoms with Crippen molar-refractivity contribution in [3.63, 3.8) is 0 Å². The second-order valence-corrected chi connectivity index (χ2v) is 1.95. The van der Waals surface area contributed by atoms with Gasteiger partial charge in [-0.3, -0.25) is 0 Å². The van der Waals surface area contributed by atoms with Crippen LogP contribution in [0.4, 0.5) is 0 Å². The number of rotatable bonds is 4. The summed E-state index contributed by atoms with van der Waals surface area (Å²) in [6.45, 7) is 16.8. The molecule has 2 nitrogen and oxygen atoms in total. The molecule has 0 N–H and O–H groups in total. The fourth-order valence-electron chi connectivity index (χ4n) is 0.597. The first-order chi connectivity index (χ1) is 4.85. The summed E-state index contributed by atoms with van der Waals surface area (Å²) in [5.41, 5.74) is 0. The van der Waals surface area contributed by atoms with E-state index in [1.165, 1.54) is 0 Å². The highest BCUT2D eigenvalue weighted by atomic mass is 14.9. The normalized spacial score (nSPS) is 8.80. The summed E-state index contributed by atoms with van der Waals surface area (Å²) >= 11 is 0. The molecule has 52 valence electrons. The highest BCUT2D eigenvalue weighted by Gasteiger charge is 2.20. The van der Waals surface area contributed by atoms with Gasteiger partial charge in [0.2, 0.25) is 0 Å². The summed E-state index contributed by atoms with van der Waals surface area (Å²) < 4.78 is 0. The minimum atomic E-state index is 0.299. The molecule has 0 saturated carbocycles. The van der Waals surface area contributed by atoms with Crippen LogP contribution in [0.5, 0.6) is 0 Å². The van der Waals surface area contributed by atoms with Gasteiger partial charge in [-0.1, -0.05) is 19.8 Å². The summed E-state index contributed by atoms with van der Waals surface area (Å²) in [6.07, 6.45) is 3.75. The van der Waals surface area contributed by atoms with Gasteiger partial charge in [0.05, 0.1) is 0 Å². The summed E-state index contributed by atoms with van der Waals surface area (Å²) in [5.74, 6) is 0. The quantitative estimate of drug-likeness (QED) is 0.413. The number of unbranched alkanes of at least 4 members (excludes halogenated alkanes) is 2. The highest BCUT2D eigenvalue weighted by Crippen LogP contribution is 2.13. The zero-order valence-electron chi connectivity index (χ0n) is 5.93. The third kappa shape index (κ3) is 3.92. The van der Waals surface area contributed by atoms with E-state index in [9.17, 15) is 0 Å². The molecule has 2 radical (unpaired) electrons. The van der Waals surface area contributed by atoms with E-state index in [0.717, 1.165) is 19.3 Å². The van der Waals surface area contributed by atoms with Gasteiger partial charge in [0.25, 0.3) is 0 Å². The molecule has 0 atom stereocenters. The molecular formula is C8H10N2. The molecule has 0 amide bonds. The number of hydrogen-bond acceptors (Lipinski definition) is 0. The van der Waals surface area contributed by atoms with Crippen LogP contribution in [0.15, 0.2) is 0 Å². The van der Waals surface area contributed by atoms with E-state index in [-0.39, 0.29) is 0 Å². The van der Waals surface area contributed by atoms with Crippen LogP contribution in [-0.4, -0.2) is 0 Å². The second kappa shape index (κ2) is 6.11. The van der Waals surface area contributed by atoms with E-state index in [4.69, 9.17) is 13.1 Å². The van der Waals surface area contributed by atoms with E-state index in [0.29, 0.717) is 12.6 Å². The average Bonchev–Trinajstić information content (AvgIpc) is 1.99. The molecular weight excluding hydrogens is 124 g/mol. The van der Waals surface area contributed by atoms with Crippen LogP contribution in [0.3, 0.4) is 0 Å². The molecule has 10 heavy (non-hydrogen) atoms. The first-order valence-electron chi connectivity index (χ1n) is 3.25. The molecule has 0 fully saturated rings. The molecule has 0 aromatic rings. The van der Waals surface area contributed by atoms with E-state index in [1.54, 1.807) is 0 Å². The SMILES string of the molecule is [C-]#[N+][C](CCCC[CH2])[N+]#[C-]. The molecule has 2 heteroatoms. The maximum Gasteiger partial charge on any atom is 0.641 e. The Hall–Kier alpha value is -1.02. The summed E-state index contributed by atoms with van der Waals surface area (Å²) in [6, 6.07) is 0. The highest BCUT2D eigenvalue weighted by molar-refractivity contribution is 5.06. The number of nitrogens with zero attached hydrogens (tertiary/aromatic N) is 2. The van der Waals surface area contributed by atoms with Gasteiger partial charge in [-0.15, -0.1) is 0 Å². The van der Waals surface area contributed by atoms with E-state index in [1.807, 2.05) is 0 Å². The van der Waals surface area contributed by atoms with Crippen LogP contribution in [0, 0.1) is 26.2 Å². The van der Waals surface area contributed by atoms with Gasteiger partial charge in [-0.2, -0.15) is 0 Å². The maximum absolute atomic E-state index is 6.55. The standard InChI is InChI=1S/C8H10N2/c1-4-5-6-7-8(9-2)10-3/h1,4-7H2. The Morgan fingerprint density at radius 2 is 1.80 bits per heavy atom. The molecule has 0 unspecified atom stereocenters. The summed E-state index contributed by atoms with van der Waals surface area (Å²) in [4.78, 5) is 6.14. The lowest BCUT2D eigenvalue weighted by Gasteiger charge is -1.88. The van der Waals surface area contributed by atoms with Crippen molar-refractivity contribution in [2.24, 2.45) is 0 Å². The minimum absolute atomic E-state index is 0.299. The van der Waals surface area contributed by atoms with Crippen LogP contribution in [0.1, 0.15) is 25.7 Å². The molecule has 0 aliphatic heterocycles. The Balaban J connectivity index is 3.31. The van der Waals surface area contributed by atoms with Crippen molar-refractivity contribution in [2.45, 2.75) is 25.7 Å². The number of hydrogen-bond donors (Lipinski definition) is 0. The molecule has 0 aromatic carbocycles. The van der Waals surface area contributed by atoms with Crippen molar-refractivity contribution in [3.05, 3.63) is 35.9 Å². The fraction of sp³-hybridized carbons (Fsp3) is 0.500. The lowest BCUT2D eigenvalue weighted by molar-refractivity contribution is 0.724. The molecule has 0 aliphatic carbocycles. The third-order valence-electron chi connectivity index (χ3n) is 1.16. The fourth-order valence-corrected chi connectivity index (χ4v) is 0.597. The van der Waals surface area contributed by atoms with Crippen LogP contribution in [-0.2, 0) is 0 Å². The summed E-state index contributed by atoms with van der Waals surface area (Å²) in [7, 11) is 0. The predicted octanol–water partition coefficient (Wildman–Crippen LogP) is 2.71. The molecule has 0 spiro atoms. The minimum Gasteiger partial charge on any atom is -0.224 e. The van der Waals surface area contributed by atoms with E-state index in [2.05, 4.69) is 16.6 Å². The molecule has 0 aliphatic rings. The molecule has 0 aromatic heterocycles. The van der Waals surface area contributed by atoms with Crippen LogP contribution < -0.4 is 0 Å². The van der Waals surface area contributed by atoms with Crippen molar-refractivity contribution in [1.29, 1.82) is 0 Å². The Labute approximate surface area is 62.5 Å². The maximum atomic E-state index is 6.55. The summed E-state index contributed by atoms with van der Waals surface area (Å²) in [5, 5.41) is 0. The largest absolute Gasteiger partial charge is 0.641 e. The first-order valence-corrected chi connectivity index (χ1v) is 3.25. The van der Waals surface area contributed by atoms with Crippen molar-refractivity contribution < 1.29 is 0 Å². The Morgan fingerprint density at radius 1 is 1.20 bits per heavy atom. The Bertz CT molecular complexity index is 136. The van der Waals surface area contributed by atoms with E-state index < -0.39 is 0 Å². The van der Waals surface area contributed by atoms with Gasteiger partial charge in [0.15, 0.2) is 0 Å². The first kappa shape index (κ1) is 8.98. The van der Waals surface area contributed by atoms with Gasteiger partial charge < -0.3 is 0 Å². The average molecular weight is 134 g/mol. The Kier molecular flexibility index (Phi) is 5.48. The topological polar surface area (TPSA) is 8.72 Å². The molecule has 0 saturated heterocycles. The van der Waals surface area contributed by atoms with Crippen LogP contribution >= 0.6 is 0 Å². The lowest BCUT2D eigenvalue weighted by atomic mass is 10.2. The van der Waals surface area contributed by atoms with Gasteiger partial charge in [0.1, 0.15) is 6.42 Å².